The molecule has 1 aromatic heterocycles. The number of aromatic hydroxyl groups is 1. The van der Waals surface area contributed by atoms with E-state index in [9.17, 15) is 14.7 Å². The lowest BCUT2D eigenvalue weighted by Gasteiger charge is -2.25. The number of nitrogens with one attached hydrogen (secondary N) is 2. The van der Waals surface area contributed by atoms with Gasteiger partial charge >= 0.3 is 5.69 Å². The summed E-state index contributed by atoms with van der Waals surface area (Å²) >= 11 is 0. The van der Waals surface area contributed by atoms with E-state index in [-0.39, 0.29) is 17.5 Å². The van der Waals surface area contributed by atoms with Crippen LogP contribution in [0, 0.1) is 0 Å². The topological polar surface area (TPSA) is 103 Å². The summed E-state index contributed by atoms with van der Waals surface area (Å²) in [5, 5.41) is 15.1. The zero-order valence-corrected chi connectivity index (χ0v) is 16.8. The van der Waals surface area contributed by atoms with E-state index in [1.807, 2.05) is 6.92 Å². The lowest BCUT2D eigenvalue weighted by Crippen LogP contribution is -2.37. The number of hydrogen-bond acceptors (Lipinski definition) is 6. The van der Waals surface area contributed by atoms with Crippen molar-refractivity contribution in [3.05, 3.63) is 26.4 Å². The van der Waals surface area contributed by atoms with Crippen LogP contribution < -0.4 is 16.7 Å². The average molecular weight is 380 g/mol. The summed E-state index contributed by atoms with van der Waals surface area (Å²) in [4.78, 5) is 29.3. The zero-order valence-electron chi connectivity index (χ0n) is 16.8. The highest BCUT2D eigenvalue weighted by Gasteiger charge is 2.24. The van der Waals surface area contributed by atoms with Gasteiger partial charge in [-0.3, -0.25) is 14.3 Å². The highest BCUT2D eigenvalue weighted by Crippen LogP contribution is 2.30. The van der Waals surface area contributed by atoms with E-state index in [1.54, 1.807) is 0 Å². The van der Waals surface area contributed by atoms with Crippen LogP contribution in [0.1, 0.15) is 70.9 Å². The van der Waals surface area contributed by atoms with Crippen molar-refractivity contribution >= 4 is 5.71 Å². The minimum atomic E-state index is -0.587. The van der Waals surface area contributed by atoms with E-state index in [2.05, 4.69) is 34.3 Å². The molecule has 0 bridgehead atoms. The van der Waals surface area contributed by atoms with Gasteiger partial charge in [0.1, 0.15) is 5.56 Å². The molecule has 8 heteroatoms. The van der Waals surface area contributed by atoms with Crippen molar-refractivity contribution in [2.24, 2.45) is 5.10 Å². The van der Waals surface area contributed by atoms with Crippen LogP contribution in [0.25, 0.3) is 0 Å². The smallest absolute Gasteiger partial charge is 0.331 e. The summed E-state index contributed by atoms with van der Waals surface area (Å²) < 4.78 is 1.34. The third-order valence-corrected chi connectivity index (χ3v) is 5.33. The van der Waals surface area contributed by atoms with Gasteiger partial charge in [0.25, 0.3) is 5.56 Å². The van der Waals surface area contributed by atoms with Crippen molar-refractivity contribution in [2.75, 3.05) is 26.2 Å². The van der Waals surface area contributed by atoms with Gasteiger partial charge in [-0.1, -0.05) is 40.0 Å². The van der Waals surface area contributed by atoms with Crippen LogP contribution in [-0.4, -0.2) is 51.4 Å². The molecule has 0 aliphatic heterocycles. The van der Waals surface area contributed by atoms with Gasteiger partial charge in [0, 0.05) is 19.1 Å². The van der Waals surface area contributed by atoms with Crippen molar-refractivity contribution in [1.82, 2.24) is 19.9 Å². The average Bonchev–Trinajstić information content (AvgIpc) is 2.67. The Balaban J connectivity index is 2.27. The highest BCUT2D eigenvalue weighted by molar-refractivity contribution is 6.01. The molecule has 0 saturated heterocycles. The van der Waals surface area contributed by atoms with Crippen molar-refractivity contribution < 1.29 is 5.11 Å². The molecule has 1 fully saturated rings. The Bertz CT molecular complexity index is 743. The van der Waals surface area contributed by atoms with Gasteiger partial charge in [-0.15, -0.1) is 0 Å². The Morgan fingerprint density at radius 3 is 2.48 bits per heavy atom. The fourth-order valence-electron chi connectivity index (χ4n) is 3.69. The van der Waals surface area contributed by atoms with E-state index in [0.717, 1.165) is 51.7 Å². The fourth-order valence-corrected chi connectivity index (χ4v) is 3.69. The third-order valence-electron chi connectivity index (χ3n) is 5.33. The molecule has 0 unspecified atom stereocenters. The normalized spacial score (nSPS) is 16.1. The second-order valence-electron chi connectivity index (χ2n) is 6.97. The quantitative estimate of drug-likeness (QED) is 0.345. The molecule has 152 valence electrons. The molecule has 0 radical (unpaired) electrons. The van der Waals surface area contributed by atoms with Crippen LogP contribution in [0.15, 0.2) is 14.7 Å². The molecule has 8 nitrogen and oxygen atoms in total. The molecular formula is C19H33N5O3. The summed E-state index contributed by atoms with van der Waals surface area (Å²) in [6.45, 7) is 9.51. The van der Waals surface area contributed by atoms with Gasteiger partial charge in [0.2, 0.25) is 5.88 Å². The van der Waals surface area contributed by atoms with Crippen molar-refractivity contribution in [3.63, 3.8) is 0 Å². The molecule has 3 N–H and O–H groups in total. The van der Waals surface area contributed by atoms with Gasteiger partial charge in [0.15, 0.2) is 0 Å². The van der Waals surface area contributed by atoms with Gasteiger partial charge in [-0.05, 0) is 32.4 Å². The van der Waals surface area contributed by atoms with Crippen molar-refractivity contribution in [2.45, 2.75) is 65.3 Å². The number of hydrogen-bond donors (Lipinski definition) is 3. The molecule has 1 aromatic rings. The molecular weight excluding hydrogens is 346 g/mol. The van der Waals surface area contributed by atoms with Crippen LogP contribution in [0.2, 0.25) is 0 Å². The van der Waals surface area contributed by atoms with Crippen LogP contribution in [-0.2, 0) is 0 Å². The Kier molecular flexibility index (Phi) is 8.09. The van der Waals surface area contributed by atoms with Gasteiger partial charge in [-0.2, -0.15) is 5.10 Å². The summed E-state index contributed by atoms with van der Waals surface area (Å²) in [6, 6.07) is -0.0735. The first-order valence-electron chi connectivity index (χ1n) is 10.1. The Morgan fingerprint density at radius 2 is 1.89 bits per heavy atom. The number of aromatic nitrogens is 2. The molecule has 1 aliphatic rings. The molecule has 1 aliphatic carbocycles. The molecule has 0 amide bonds. The maximum Gasteiger partial charge on any atom is 0.331 e. The van der Waals surface area contributed by atoms with Crippen molar-refractivity contribution in [3.8, 4) is 5.88 Å². The van der Waals surface area contributed by atoms with E-state index < -0.39 is 11.2 Å². The molecule has 1 heterocycles. The number of nitrogens with zero attached hydrogens (tertiary/aromatic N) is 3. The number of likely N-dealkylation sites (N-methyl/N-ethyl adjacent to an activating group) is 1. The number of hydrazone groups is 1. The summed E-state index contributed by atoms with van der Waals surface area (Å²) in [5.41, 5.74) is 2.42. The maximum absolute atomic E-state index is 12.4. The van der Waals surface area contributed by atoms with E-state index in [0.29, 0.717) is 18.7 Å². The molecule has 0 atom stereocenters. The van der Waals surface area contributed by atoms with Crippen LogP contribution in [0.4, 0.5) is 0 Å². The number of rotatable bonds is 9. The summed E-state index contributed by atoms with van der Waals surface area (Å²) in [5.74, 6) is -0.262. The number of aromatic amines is 1. The molecule has 2 rings (SSSR count). The minimum absolute atomic E-state index is 0.0735. The second kappa shape index (κ2) is 10.3. The zero-order chi connectivity index (χ0) is 19.8. The first-order chi connectivity index (χ1) is 13.0. The predicted octanol–water partition coefficient (Wildman–Crippen LogP) is 1.79. The lowest BCUT2D eigenvalue weighted by atomic mass is 9.95. The maximum atomic E-state index is 12.4. The van der Waals surface area contributed by atoms with Gasteiger partial charge in [0.05, 0.1) is 5.71 Å². The summed E-state index contributed by atoms with van der Waals surface area (Å²) in [6.07, 6.45) is 5.32. The molecule has 0 aromatic carbocycles. The monoisotopic (exact) mass is 379 g/mol. The van der Waals surface area contributed by atoms with E-state index >= 15 is 0 Å². The molecule has 1 saturated carbocycles. The van der Waals surface area contributed by atoms with E-state index in [4.69, 9.17) is 0 Å². The third kappa shape index (κ3) is 5.22. The van der Waals surface area contributed by atoms with E-state index in [1.165, 1.54) is 4.57 Å². The largest absolute Gasteiger partial charge is 0.494 e. The Morgan fingerprint density at radius 1 is 1.22 bits per heavy atom. The lowest BCUT2D eigenvalue weighted by molar-refractivity contribution is 0.298. The van der Waals surface area contributed by atoms with Crippen LogP contribution >= 0.6 is 0 Å². The Hall–Kier alpha value is -2.09. The SMILES string of the molecule is CC/C(=N\NCCN(CC)CC)c1c(O)n(C2CCCCC2)c(=O)[nH]c1=O. The van der Waals surface area contributed by atoms with Crippen molar-refractivity contribution in [1.29, 1.82) is 0 Å². The predicted molar refractivity (Wildman–Crippen MR) is 108 cm³/mol. The molecule has 27 heavy (non-hydrogen) atoms. The fraction of sp³-hybridized carbons (Fsp3) is 0.737. The summed E-state index contributed by atoms with van der Waals surface area (Å²) in [7, 11) is 0. The first kappa shape index (κ1) is 21.2. The Labute approximate surface area is 160 Å². The van der Waals surface area contributed by atoms with Gasteiger partial charge in [-0.25, -0.2) is 4.79 Å². The van der Waals surface area contributed by atoms with Crippen LogP contribution in [0.3, 0.4) is 0 Å². The first-order valence-corrected chi connectivity index (χ1v) is 10.1. The molecule has 0 spiro atoms. The standard InChI is InChI=1S/C19H33N5O3/c1-4-15(22-20-12-13-23(5-2)6-3)16-17(25)21-19(27)24(18(16)26)14-10-8-7-9-11-14/h14,20,26H,4-13H2,1-3H3,(H,21,25,27)/b22-15+. The second-order valence-corrected chi connectivity index (χ2v) is 6.97. The van der Waals surface area contributed by atoms with Gasteiger partial charge < -0.3 is 15.4 Å². The highest BCUT2D eigenvalue weighted by atomic mass is 16.3. The van der Waals surface area contributed by atoms with Crippen LogP contribution in [0.5, 0.6) is 5.88 Å². The minimum Gasteiger partial charge on any atom is -0.494 e. The number of H-pyrrole nitrogens is 1.